The smallest absolute Gasteiger partial charge is 0.142 e. The van der Waals surface area contributed by atoms with Crippen molar-refractivity contribution in [3.8, 4) is 0 Å². The molecule has 1 heterocycles. The van der Waals surface area contributed by atoms with Crippen molar-refractivity contribution in [2.24, 2.45) is 5.41 Å². The summed E-state index contributed by atoms with van der Waals surface area (Å²) in [7, 11) is 1.69. The topological polar surface area (TPSA) is 30.5 Å². The van der Waals surface area contributed by atoms with Gasteiger partial charge in [0.15, 0.2) is 0 Å². The van der Waals surface area contributed by atoms with Crippen molar-refractivity contribution in [3.05, 3.63) is 34.6 Å². The number of hydrogen-bond acceptors (Lipinski definition) is 3. The van der Waals surface area contributed by atoms with E-state index in [2.05, 4.69) is 12.2 Å². The number of benzene rings is 1. The van der Waals surface area contributed by atoms with Crippen LogP contribution in [0.5, 0.6) is 0 Å². The van der Waals surface area contributed by atoms with Crippen molar-refractivity contribution in [1.82, 2.24) is 5.32 Å². The number of methoxy groups -OCH3 is 1. The summed E-state index contributed by atoms with van der Waals surface area (Å²) in [5.74, 6) is -0.358. The Labute approximate surface area is 130 Å². The standard InChI is InChI=1S/C16H23ClFNO2/c1-12-16(6-8-21-12,11-19-7-9-20-2)10-13-4-3-5-14(18)15(13)17/h3-5,12,19H,6-11H2,1-2H3. The molecule has 118 valence electrons. The first-order chi connectivity index (χ1) is 10.1. The maximum absolute atomic E-state index is 13.6. The van der Waals surface area contributed by atoms with Gasteiger partial charge < -0.3 is 14.8 Å². The molecule has 0 aliphatic carbocycles. The SMILES string of the molecule is COCCNCC1(Cc2cccc(F)c2Cl)CCOC1C. The van der Waals surface area contributed by atoms with E-state index >= 15 is 0 Å². The molecule has 5 heteroatoms. The van der Waals surface area contributed by atoms with Gasteiger partial charge in [0.1, 0.15) is 5.82 Å². The van der Waals surface area contributed by atoms with E-state index in [9.17, 15) is 4.39 Å². The van der Waals surface area contributed by atoms with Gasteiger partial charge in [-0.25, -0.2) is 4.39 Å². The number of hydrogen-bond donors (Lipinski definition) is 1. The van der Waals surface area contributed by atoms with Gasteiger partial charge in [0, 0.05) is 32.2 Å². The van der Waals surface area contributed by atoms with E-state index in [4.69, 9.17) is 21.1 Å². The number of rotatable bonds is 7. The molecule has 0 amide bonds. The minimum absolute atomic E-state index is 0.0504. The lowest BCUT2D eigenvalue weighted by Gasteiger charge is -2.33. The van der Waals surface area contributed by atoms with Crippen LogP contribution in [-0.2, 0) is 15.9 Å². The number of ether oxygens (including phenoxy) is 2. The highest BCUT2D eigenvalue weighted by Crippen LogP contribution is 2.39. The minimum Gasteiger partial charge on any atom is -0.383 e. The third-order valence-electron chi connectivity index (χ3n) is 4.36. The second kappa shape index (κ2) is 7.54. The molecular formula is C16H23ClFNO2. The van der Waals surface area contributed by atoms with E-state index in [0.29, 0.717) is 13.0 Å². The van der Waals surface area contributed by atoms with E-state index in [0.717, 1.165) is 31.7 Å². The predicted octanol–water partition coefficient (Wildman–Crippen LogP) is 3.05. The van der Waals surface area contributed by atoms with Crippen molar-refractivity contribution in [2.75, 3.05) is 33.4 Å². The molecule has 0 saturated carbocycles. The van der Waals surface area contributed by atoms with Crippen LogP contribution in [0.15, 0.2) is 18.2 Å². The molecule has 21 heavy (non-hydrogen) atoms. The first-order valence-corrected chi connectivity index (χ1v) is 7.71. The van der Waals surface area contributed by atoms with E-state index in [1.807, 2.05) is 6.07 Å². The van der Waals surface area contributed by atoms with Crippen LogP contribution >= 0.6 is 11.6 Å². The van der Waals surface area contributed by atoms with Crippen LogP contribution < -0.4 is 5.32 Å². The van der Waals surface area contributed by atoms with Gasteiger partial charge >= 0.3 is 0 Å². The molecule has 0 bridgehead atoms. The maximum atomic E-state index is 13.6. The zero-order valence-electron chi connectivity index (χ0n) is 12.6. The van der Waals surface area contributed by atoms with Gasteiger partial charge in [0.25, 0.3) is 0 Å². The van der Waals surface area contributed by atoms with Gasteiger partial charge in [-0.05, 0) is 31.4 Å². The molecule has 2 atom stereocenters. The normalized spacial score (nSPS) is 25.4. The van der Waals surface area contributed by atoms with Crippen LogP contribution in [0.2, 0.25) is 5.02 Å². The number of halogens is 2. The summed E-state index contributed by atoms with van der Waals surface area (Å²) in [5.41, 5.74) is 0.799. The van der Waals surface area contributed by atoms with Crippen molar-refractivity contribution >= 4 is 11.6 Å². The number of nitrogens with one attached hydrogen (secondary N) is 1. The molecule has 0 spiro atoms. The molecule has 1 aromatic rings. The fourth-order valence-corrected chi connectivity index (χ4v) is 3.11. The molecule has 2 rings (SSSR count). The molecule has 2 unspecified atom stereocenters. The van der Waals surface area contributed by atoms with E-state index < -0.39 is 0 Å². The van der Waals surface area contributed by atoms with E-state index in [1.165, 1.54) is 6.07 Å². The van der Waals surface area contributed by atoms with E-state index in [1.54, 1.807) is 13.2 Å². The second-order valence-electron chi connectivity index (χ2n) is 5.68. The predicted molar refractivity (Wildman–Crippen MR) is 82.3 cm³/mol. The van der Waals surface area contributed by atoms with Crippen molar-refractivity contribution in [3.63, 3.8) is 0 Å². The first kappa shape index (κ1) is 16.7. The Balaban J connectivity index is 2.11. The van der Waals surface area contributed by atoms with Gasteiger partial charge in [-0.2, -0.15) is 0 Å². The van der Waals surface area contributed by atoms with Crippen LogP contribution in [0.25, 0.3) is 0 Å². The molecule has 1 aromatic carbocycles. The molecule has 1 fully saturated rings. The van der Waals surface area contributed by atoms with Gasteiger partial charge in [0.05, 0.1) is 17.7 Å². The zero-order chi connectivity index (χ0) is 15.3. The van der Waals surface area contributed by atoms with E-state index in [-0.39, 0.29) is 22.4 Å². The Bertz CT molecular complexity index is 472. The van der Waals surface area contributed by atoms with Gasteiger partial charge in [-0.1, -0.05) is 23.7 Å². The van der Waals surface area contributed by atoms with Crippen LogP contribution in [0.4, 0.5) is 4.39 Å². The summed E-state index contributed by atoms with van der Waals surface area (Å²) in [4.78, 5) is 0. The Morgan fingerprint density at radius 3 is 3.00 bits per heavy atom. The highest BCUT2D eigenvalue weighted by Gasteiger charge is 2.41. The lowest BCUT2D eigenvalue weighted by atomic mass is 9.76. The minimum atomic E-state index is -0.358. The Kier molecular flexibility index (Phi) is 5.99. The summed E-state index contributed by atoms with van der Waals surface area (Å²) < 4.78 is 24.4. The third kappa shape index (κ3) is 3.95. The van der Waals surface area contributed by atoms with Crippen molar-refractivity contribution in [1.29, 1.82) is 0 Å². The summed E-state index contributed by atoms with van der Waals surface area (Å²) in [6, 6.07) is 5.00. The largest absolute Gasteiger partial charge is 0.383 e. The summed E-state index contributed by atoms with van der Waals surface area (Å²) in [6.07, 6.45) is 1.78. The highest BCUT2D eigenvalue weighted by atomic mass is 35.5. The maximum Gasteiger partial charge on any atom is 0.142 e. The van der Waals surface area contributed by atoms with Crippen LogP contribution in [0.3, 0.4) is 0 Å². The quantitative estimate of drug-likeness (QED) is 0.785. The van der Waals surface area contributed by atoms with Gasteiger partial charge in [0.2, 0.25) is 0 Å². The fraction of sp³-hybridized carbons (Fsp3) is 0.625. The van der Waals surface area contributed by atoms with Crippen LogP contribution in [-0.4, -0.2) is 39.5 Å². The lowest BCUT2D eigenvalue weighted by molar-refractivity contribution is 0.0619. The van der Waals surface area contributed by atoms with Gasteiger partial charge in [-0.3, -0.25) is 0 Å². The van der Waals surface area contributed by atoms with Crippen molar-refractivity contribution < 1.29 is 13.9 Å². The molecular weight excluding hydrogens is 293 g/mol. The van der Waals surface area contributed by atoms with Crippen LogP contribution in [0.1, 0.15) is 18.9 Å². The Morgan fingerprint density at radius 2 is 2.33 bits per heavy atom. The monoisotopic (exact) mass is 315 g/mol. The van der Waals surface area contributed by atoms with Gasteiger partial charge in [-0.15, -0.1) is 0 Å². The molecule has 1 saturated heterocycles. The average Bonchev–Trinajstić information content (AvgIpc) is 2.82. The first-order valence-electron chi connectivity index (χ1n) is 7.33. The molecule has 3 nitrogen and oxygen atoms in total. The molecule has 1 aliphatic rings. The van der Waals surface area contributed by atoms with Crippen molar-refractivity contribution in [2.45, 2.75) is 25.9 Å². The lowest BCUT2D eigenvalue weighted by Crippen LogP contribution is -2.42. The second-order valence-corrected chi connectivity index (χ2v) is 6.06. The zero-order valence-corrected chi connectivity index (χ0v) is 13.4. The molecule has 1 N–H and O–H groups in total. The molecule has 0 aromatic heterocycles. The fourth-order valence-electron chi connectivity index (χ4n) is 2.92. The molecule has 1 aliphatic heterocycles. The third-order valence-corrected chi connectivity index (χ3v) is 4.79. The average molecular weight is 316 g/mol. The summed E-state index contributed by atoms with van der Waals surface area (Å²) in [5, 5.41) is 3.64. The summed E-state index contributed by atoms with van der Waals surface area (Å²) >= 11 is 6.11. The van der Waals surface area contributed by atoms with Crippen LogP contribution in [0, 0.1) is 11.2 Å². The highest BCUT2D eigenvalue weighted by molar-refractivity contribution is 6.31. The Hall–Kier alpha value is -0.680. The Morgan fingerprint density at radius 1 is 1.52 bits per heavy atom. The molecule has 0 radical (unpaired) electrons. The summed E-state index contributed by atoms with van der Waals surface area (Å²) in [6.45, 7) is 5.09.